The van der Waals surface area contributed by atoms with E-state index in [2.05, 4.69) is 10.00 Å². The number of halogens is 1. The summed E-state index contributed by atoms with van der Waals surface area (Å²) in [6.07, 6.45) is 10.4. The van der Waals surface area contributed by atoms with Crippen molar-refractivity contribution >= 4 is 5.91 Å². The van der Waals surface area contributed by atoms with Crippen LogP contribution in [0.2, 0.25) is 0 Å². The first kappa shape index (κ1) is 24.7. The van der Waals surface area contributed by atoms with Crippen LogP contribution in [0.5, 0.6) is 0 Å². The largest absolute Gasteiger partial charge is 0.394 e. The van der Waals surface area contributed by atoms with Crippen molar-refractivity contribution in [3.63, 3.8) is 0 Å². The van der Waals surface area contributed by atoms with Crippen LogP contribution in [-0.2, 0) is 12.8 Å². The second kappa shape index (κ2) is 11.4. The maximum absolute atomic E-state index is 14.0. The van der Waals surface area contributed by atoms with Crippen molar-refractivity contribution in [1.29, 1.82) is 0 Å². The summed E-state index contributed by atoms with van der Waals surface area (Å²) in [5, 5.41) is 18.1. The molecule has 1 saturated carbocycles. The summed E-state index contributed by atoms with van der Waals surface area (Å²) in [6, 6.07) is 16.3. The molecule has 1 aromatic heterocycles. The van der Waals surface area contributed by atoms with Crippen LogP contribution in [0, 0.1) is 5.82 Å². The summed E-state index contributed by atoms with van der Waals surface area (Å²) in [6.45, 7) is -0.177. The first-order valence-corrected chi connectivity index (χ1v) is 13.5. The molecule has 2 N–H and O–H groups in total. The van der Waals surface area contributed by atoms with Gasteiger partial charge in [0.15, 0.2) is 5.69 Å². The smallest absolute Gasteiger partial charge is 0.272 e. The van der Waals surface area contributed by atoms with E-state index in [1.165, 1.54) is 31.0 Å². The van der Waals surface area contributed by atoms with E-state index in [-0.39, 0.29) is 24.2 Å². The van der Waals surface area contributed by atoms with E-state index in [9.17, 15) is 14.3 Å². The number of nitrogens with one attached hydrogen (secondary N) is 1. The van der Waals surface area contributed by atoms with Crippen molar-refractivity contribution in [1.82, 2.24) is 15.1 Å². The Labute approximate surface area is 212 Å². The number of hydrogen-bond donors (Lipinski definition) is 2. The minimum Gasteiger partial charge on any atom is -0.394 e. The van der Waals surface area contributed by atoms with Gasteiger partial charge in [0.25, 0.3) is 5.91 Å². The summed E-state index contributed by atoms with van der Waals surface area (Å²) in [5.74, 6) is -0.240. The van der Waals surface area contributed by atoms with Gasteiger partial charge in [0, 0.05) is 17.2 Å². The number of rotatable bonds is 7. The lowest BCUT2D eigenvalue weighted by atomic mass is 9.89. The van der Waals surface area contributed by atoms with Crippen molar-refractivity contribution in [2.75, 3.05) is 6.61 Å². The molecule has 36 heavy (non-hydrogen) atoms. The fourth-order valence-corrected chi connectivity index (χ4v) is 6.07. The number of carbonyl (C=O) groups excluding carboxylic acids is 1. The molecule has 2 aliphatic rings. The molecule has 5 nitrogen and oxygen atoms in total. The normalized spacial score (nSPS) is 19.3. The highest BCUT2D eigenvalue weighted by molar-refractivity contribution is 5.94. The number of aliphatic hydroxyl groups is 1. The number of nitrogens with zero attached hydrogens (tertiary/aromatic N) is 2. The fraction of sp³-hybridized carbons (Fsp3) is 0.467. The molecule has 6 heteroatoms. The van der Waals surface area contributed by atoms with Crippen LogP contribution in [0.15, 0.2) is 54.6 Å². The third-order valence-corrected chi connectivity index (χ3v) is 7.86. The third kappa shape index (κ3) is 5.39. The summed E-state index contributed by atoms with van der Waals surface area (Å²) in [5.41, 5.74) is 4.57. The first-order chi connectivity index (χ1) is 17.6. The topological polar surface area (TPSA) is 67.2 Å². The molecule has 0 radical (unpaired) electrons. The Balaban J connectivity index is 1.51. The van der Waals surface area contributed by atoms with E-state index >= 15 is 0 Å². The van der Waals surface area contributed by atoms with Crippen molar-refractivity contribution in [2.45, 2.75) is 82.2 Å². The van der Waals surface area contributed by atoms with Crippen molar-refractivity contribution in [3.05, 3.63) is 88.5 Å². The maximum Gasteiger partial charge on any atom is 0.272 e. The predicted octanol–water partition coefficient (Wildman–Crippen LogP) is 6.04. The number of amides is 1. The van der Waals surface area contributed by atoms with Gasteiger partial charge >= 0.3 is 0 Å². The van der Waals surface area contributed by atoms with Crippen LogP contribution in [0.3, 0.4) is 0 Å². The number of fused-ring (bicyclic) bond motifs is 1. The Kier molecular flexibility index (Phi) is 7.81. The zero-order chi connectivity index (χ0) is 24.9. The molecule has 1 unspecified atom stereocenters. The van der Waals surface area contributed by atoms with Crippen LogP contribution in [0.1, 0.15) is 102 Å². The van der Waals surface area contributed by atoms with E-state index in [1.807, 2.05) is 36.4 Å². The average Bonchev–Trinajstić information content (AvgIpc) is 3.18. The van der Waals surface area contributed by atoms with Gasteiger partial charge < -0.3 is 10.4 Å². The van der Waals surface area contributed by atoms with Crippen molar-refractivity contribution in [2.24, 2.45) is 0 Å². The van der Waals surface area contributed by atoms with Gasteiger partial charge in [0.05, 0.1) is 18.7 Å². The Bertz CT molecular complexity index is 1170. The first-order valence-electron chi connectivity index (χ1n) is 13.5. The van der Waals surface area contributed by atoms with Crippen LogP contribution in [0.4, 0.5) is 4.39 Å². The monoisotopic (exact) mass is 489 g/mol. The SMILES string of the molecule is O=C(N[C@@H](CO)c1ccccc1)c1nn(C2CCCCC2)c2c1CCCCC2Cc1cccc(F)c1. The molecule has 3 aromatic rings. The van der Waals surface area contributed by atoms with E-state index in [4.69, 9.17) is 5.10 Å². The summed E-state index contributed by atoms with van der Waals surface area (Å²) >= 11 is 0. The van der Waals surface area contributed by atoms with Crippen LogP contribution in [-0.4, -0.2) is 27.4 Å². The van der Waals surface area contributed by atoms with Gasteiger partial charge in [-0.25, -0.2) is 4.39 Å². The molecule has 1 amide bonds. The highest BCUT2D eigenvalue weighted by atomic mass is 19.1. The van der Waals surface area contributed by atoms with Crippen LogP contribution >= 0.6 is 0 Å². The van der Waals surface area contributed by atoms with E-state index in [0.717, 1.165) is 61.6 Å². The second-order valence-electron chi connectivity index (χ2n) is 10.3. The predicted molar refractivity (Wildman–Crippen MR) is 138 cm³/mol. The van der Waals surface area contributed by atoms with Gasteiger partial charge in [-0.15, -0.1) is 0 Å². The molecule has 2 aromatic carbocycles. The lowest BCUT2D eigenvalue weighted by Crippen LogP contribution is -2.31. The summed E-state index contributed by atoms with van der Waals surface area (Å²) < 4.78 is 16.2. The fourth-order valence-electron chi connectivity index (χ4n) is 6.07. The quantitative estimate of drug-likeness (QED) is 0.398. The molecule has 1 fully saturated rings. The molecule has 5 rings (SSSR count). The molecule has 190 valence electrons. The number of aliphatic hydroxyl groups excluding tert-OH is 1. The lowest BCUT2D eigenvalue weighted by Gasteiger charge is -2.27. The van der Waals surface area contributed by atoms with E-state index in [0.29, 0.717) is 11.7 Å². The van der Waals surface area contributed by atoms with Gasteiger partial charge in [-0.2, -0.15) is 5.10 Å². The van der Waals surface area contributed by atoms with Crippen molar-refractivity contribution < 1.29 is 14.3 Å². The standard InChI is InChI=1S/C30H36FN3O2/c31-24-14-9-10-21(19-24)18-23-13-7-8-17-26-28(33-34(29(23)26)25-15-5-2-6-16-25)30(36)32-27(20-35)22-11-3-1-4-12-22/h1,3-4,9-12,14,19,23,25,27,35H,2,5-8,13,15-18,20H2,(H,32,36)/t23?,27-/m0/s1. The van der Waals surface area contributed by atoms with Gasteiger partial charge in [0.2, 0.25) is 0 Å². The minimum absolute atomic E-state index is 0.177. The molecule has 2 aliphatic carbocycles. The molecule has 0 bridgehead atoms. The minimum atomic E-state index is -0.483. The number of benzene rings is 2. The van der Waals surface area contributed by atoms with Gasteiger partial charge in [-0.1, -0.05) is 68.1 Å². The Morgan fingerprint density at radius 2 is 1.81 bits per heavy atom. The number of carbonyl (C=O) groups is 1. The van der Waals surface area contributed by atoms with Gasteiger partial charge in [-0.05, 0) is 61.8 Å². The molecule has 2 atom stereocenters. The molecule has 1 heterocycles. The van der Waals surface area contributed by atoms with Gasteiger partial charge in [0.1, 0.15) is 5.82 Å². The highest BCUT2D eigenvalue weighted by Gasteiger charge is 2.33. The zero-order valence-corrected chi connectivity index (χ0v) is 20.8. The van der Waals surface area contributed by atoms with Crippen molar-refractivity contribution in [3.8, 4) is 0 Å². The van der Waals surface area contributed by atoms with Crippen LogP contribution < -0.4 is 5.32 Å². The van der Waals surface area contributed by atoms with Gasteiger partial charge in [-0.3, -0.25) is 9.48 Å². The summed E-state index contributed by atoms with van der Waals surface area (Å²) in [4.78, 5) is 13.6. The number of aromatic nitrogens is 2. The molecular weight excluding hydrogens is 453 g/mol. The highest BCUT2D eigenvalue weighted by Crippen LogP contribution is 2.39. The molecule has 0 saturated heterocycles. The third-order valence-electron chi connectivity index (χ3n) is 7.86. The lowest BCUT2D eigenvalue weighted by molar-refractivity contribution is 0.0908. The van der Waals surface area contributed by atoms with Crippen LogP contribution in [0.25, 0.3) is 0 Å². The number of hydrogen-bond acceptors (Lipinski definition) is 3. The van der Waals surface area contributed by atoms with E-state index in [1.54, 1.807) is 12.1 Å². The van der Waals surface area contributed by atoms with E-state index < -0.39 is 6.04 Å². The average molecular weight is 490 g/mol. The molecule has 0 aliphatic heterocycles. The Morgan fingerprint density at radius 1 is 1.03 bits per heavy atom. The summed E-state index contributed by atoms with van der Waals surface area (Å²) in [7, 11) is 0. The maximum atomic E-state index is 14.0. The Hall–Kier alpha value is -2.99. The second-order valence-corrected chi connectivity index (χ2v) is 10.3. The zero-order valence-electron chi connectivity index (χ0n) is 20.8. The molecule has 0 spiro atoms. The molecular formula is C30H36FN3O2. The Morgan fingerprint density at radius 3 is 2.56 bits per heavy atom.